The number of aliphatic hydroxyl groups is 1. The van der Waals surface area contributed by atoms with Gasteiger partial charge in [-0.25, -0.2) is 0 Å². The molecule has 3 aromatic carbocycles. The quantitative estimate of drug-likeness (QED) is 0.631. The minimum atomic E-state index is -0.0556. The number of fused-ring (bicyclic) bond motifs is 3. The van der Waals surface area contributed by atoms with Crippen molar-refractivity contribution >= 4 is 23.2 Å². The topological polar surface area (TPSA) is 53.0 Å². The van der Waals surface area contributed by atoms with Gasteiger partial charge in [-0.1, -0.05) is 54.1 Å². The van der Waals surface area contributed by atoms with Crippen LogP contribution in [-0.4, -0.2) is 48.3 Å². The Morgan fingerprint density at radius 3 is 2.66 bits per heavy atom. The highest BCUT2D eigenvalue weighted by atomic mass is 35.5. The molecule has 5 nitrogen and oxygen atoms in total. The molecule has 2 heterocycles. The summed E-state index contributed by atoms with van der Waals surface area (Å²) in [6, 6.07) is 23.2. The van der Waals surface area contributed by atoms with Gasteiger partial charge >= 0.3 is 0 Å². The molecule has 0 radical (unpaired) electrons. The number of halogens is 1. The average Bonchev–Trinajstić information content (AvgIpc) is 2.83. The number of amides is 1. The molecule has 2 aliphatic rings. The summed E-state index contributed by atoms with van der Waals surface area (Å²) in [5.74, 6) is 0.774. The normalized spacial score (nSPS) is 22.0. The monoisotopic (exact) mass is 448 g/mol. The molecular weight excluding hydrogens is 424 g/mol. The Hall–Kier alpha value is -2.86. The van der Waals surface area contributed by atoms with Crippen molar-refractivity contribution in [1.29, 1.82) is 0 Å². The zero-order chi connectivity index (χ0) is 22.2. The van der Waals surface area contributed by atoms with E-state index in [1.165, 1.54) is 0 Å². The van der Waals surface area contributed by atoms with Crippen LogP contribution in [-0.2, 0) is 6.54 Å². The van der Waals surface area contributed by atoms with Crippen molar-refractivity contribution in [3.8, 4) is 5.75 Å². The van der Waals surface area contributed by atoms with Crippen LogP contribution in [0.15, 0.2) is 72.8 Å². The SMILES string of the molecule is COc1cccc(C(=O)N2C[C@@H]3[C@H](c4ccccc42)[C@H](CO)N3Cc2ccccc2Cl)c1. The molecular formula is C26H25ClN2O3. The van der Waals surface area contributed by atoms with Crippen molar-refractivity contribution in [2.45, 2.75) is 24.5 Å². The van der Waals surface area contributed by atoms with Gasteiger partial charge in [-0.15, -0.1) is 0 Å². The number of methoxy groups -OCH3 is 1. The fraction of sp³-hybridized carbons (Fsp3) is 0.269. The number of nitrogens with zero attached hydrogens (tertiary/aromatic N) is 2. The Morgan fingerprint density at radius 2 is 1.88 bits per heavy atom. The van der Waals surface area contributed by atoms with E-state index in [1.807, 2.05) is 65.6 Å². The van der Waals surface area contributed by atoms with Crippen molar-refractivity contribution in [1.82, 2.24) is 4.90 Å². The van der Waals surface area contributed by atoms with Crippen LogP contribution < -0.4 is 9.64 Å². The Bertz CT molecular complexity index is 1150. The molecule has 0 bridgehead atoms. The highest BCUT2D eigenvalue weighted by Crippen LogP contribution is 2.49. The molecule has 2 aliphatic heterocycles. The van der Waals surface area contributed by atoms with E-state index in [-0.39, 0.29) is 30.5 Å². The molecule has 0 aromatic heterocycles. The first kappa shape index (κ1) is 21.0. The van der Waals surface area contributed by atoms with Crippen LogP contribution in [0.1, 0.15) is 27.4 Å². The lowest BCUT2D eigenvalue weighted by Crippen LogP contribution is -2.68. The molecule has 0 spiro atoms. The summed E-state index contributed by atoms with van der Waals surface area (Å²) in [5.41, 5.74) is 3.63. The molecule has 32 heavy (non-hydrogen) atoms. The second-order valence-corrected chi connectivity index (χ2v) is 8.72. The van der Waals surface area contributed by atoms with Gasteiger partial charge in [0.2, 0.25) is 0 Å². The Labute approximate surface area is 192 Å². The van der Waals surface area contributed by atoms with E-state index in [9.17, 15) is 9.90 Å². The lowest BCUT2D eigenvalue weighted by molar-refractivity contribution is -0.0488. The molecule has 0 aliphatic carbocycles. The summed E-state index contributed by atoms with van der Waals surface area (Å²) >= 11 is 6.42. The van der Waals surface area contributed by atoms with Crippen LogP contribution in [0.5, 0.6) is 5.75 Å². The van der Waals surface area contributed by atoms with E-state index in [4.69, 9.17) is 16.3 Å². The number of likely N-dealkylation sites (tertiary alicyclic amines) is 1. The van der Waals surface area contributed by atoms with Crippen molar-refractivity contribution in [2.24, 2.45) is 0 Å². The van der Waals surface area contributed by atoms with Gasteiger partial charge in [0, 0.05) is 47.4 Å². The summed E-state index contributed by atoms with van der Waals surface area (Å²) in [7, 11) is 1.60. The third-order valence-corrected chi connectivity index (χ3v) is 7.07. The molecule has 1 fully saturated rings. The third kappa shape index (κ3) is 3.47. The highest BCUT2D eigenvalue weighted by Gasteiger charge is 2.53. The van der Waals surface area contributed by atoms with Crippen LogP contribution in [0.4, 0.5) is 5.69 Å². The minimum absolute atomic E-state index is 0.00788. The minimum Gasteiger partial charge on any atom is -0.497 e. The molecule has 0 unspecified atom stereocenters. The summed E-state index contributed by atoms with van der Waals surface area (Å²) in [6.45, 7) is 1.25. The van der Waals surface area contributed by atoms with Crippen LogP contribution in [0.3, 0.4) is 0 Å². The maximum absolute atomic E-state index is 13.6. The average molecular weight is 449 g/mol. The standard InChI is InChI=1S/C26H25ClN2O3/c1-32-19-9-6-8-17(13-19)26(31)29-15-23-25(20-10-3-5-12-22(20)29)24(16-30)28(23)14-18-7-2-4-11-21(18)27/h2-13,23-25,30H,14-16H2,1H3/t23-,24+,25+/m1/s1. The largest absolute Gasteiger partial charge is 0.497 e. The van der Waals surface area contributed by atoms with E-state index in [0.717, 1.165) is 16.8 Å². The fourth-order valence-electron chi connectivity index (χ4n) is 5.13. The number of anilines is 1. The fourth-order valence-corrected chi connectivity index (χ4v) is 5.32. The van der Waals surface area contributed by atoms with E-state index in [2.05, 4.69) is 11.0 Å². The predicted molar refractivity (Wildman–Crippen MR) is 126 cm³/mol. The number of para-hydroxylation sites is 1. The molecule has 5 rings (SSSR count). The smallest absolute Gasteiger partial charge is 0.258 e. The van der Waals surface area contributed by atoms with Crippen LogP contribution >= 0.6 is 11.6 Å². The van der Waals surface area contributed by atoms with Crippen molar-refractivity contribution < 1.29 is 14.6 Å². The van der Waals surface area contributed by atoms with Crippen molar-refractivity contribution in [2.75, 3.05) is 25.2 Å². The summed E-state index contributed by atoms with van der Waals surface area (Å²) < 4.78 is 5.32. The van der Waals surface area contributed by atoms with Gasteiger partial charge < -0.3 is 14.7 Å². The number of hydrogen-bond acceptors (Lipinski definition) is 4. The maximum atomic E-state index is 13.6. The molecule has 1 N–H and O–H groups in total. The molecule has 6 heteroatoms. The summed E-state index contributed by atoms with van der Waals surface area (Å²) in [5, 5.41) is 10.9. The molecule has 0 saturated carbocycles. The van der Waals surface area contributed by atoms with Crippen LogP contribution in [0.2, 0.25) is 5.02 Å². The number of carbonyl (C=O) groups is 1. The second kappa shape index (κ2) is 8.58. The first-order chi connectivity index (χ1) is 15.6. The number of ether oxygens (including phenoxy) is 1. The Kier molecular flexibility index (Phi) is 5.64. The number of hydrogen-bond donors (Lipinski definition) is 1. The molecule has 3 atom stereocenters. The zero-order valence-corrected chi connectivity index (χ0v) is 18.6. The lowest BCUT2D eigenvalue weighted by Gasteiger charge is -2.59. The molecule has 3 aromatic rings. The van der Waals surface area contributed by atoms with E-state index in [0.29, 0.717) is 29.4 Å². The second-order valence-electron chi connectivity index (χ2n) is 8.31. The Balaban J connectivity index is 1.50. The zero-order valence-electron chi connectivity index (χ0n) is 17.8. The van der Waals surface area contributed by atoms with Crippen molar-refractivity contribution in [3.05, 3.63) is 94.5 Å². The number of carbonyl (C=O) groups excluding carboxylic acids is 1. The Morgan fingerprint density at radius 1 is 1.09 bits per heavy atom. The van der Waals surface area contributed by atoms with Gasteiger partial charge in [-0.3, -0.25) is 9.69 Å². The lowest BCUT2D eigenvalue weighted by atomic mass is 9.71. The van der Waals surface area contributed by atoms with Crippen molar-refractivity contribution in [3.63, 3.8) is 0 Å². The third-order valence-electron chi connectivity index (χ3n) is 6.70. The van der Waals surface area contributed by atoms with E-state index < -0.39 is 0 Å². The van der Waals surface area contributed by atoms with Crippen LogP contribution in [0.25, 0.3) is 0 Å². The first-order valence-corrected chi connectivity index (χ1v) is 11.1. The number of rotatable bonds is 5. The summed E-state index contributed by atoms with van der Waals surface area (Å²) in [6.07, 6.45) is 0. The van der Waals surface area contributed by atoms with Gasteiger partial charge in [0.1, 0.15) is 5.75 Å². The number of aliphatic hydroxyl groups excluding tert-OH is 1. The molecule has 1 saturated heterocycles. The van der Waals surface area contributed by atoms with Gasteiger partial charge in [-0.2, -0.15) is 0 Å². The van der Waals surface area contributed by atoms with Gasteiger partial charge in [-0.05, 0) is 41.5 Å². The van der Waals surface area contributed by atoms with E-state index >= 15 is 0 Å². The molecule has 1 amide bonds. The van der Waals surface area contributed by atoms with E-state index in [1.54, 1.807) is 13.2 Å². The van der Waals surface area contributed by atoms with Gasteiger partial charge in [0.05, 0.1) is 13.7 Å². The number of benzene rings is 3. The van der Waals surface area contributed by atoms with Crippen LogP contribution in [0, 0.1) is 0 Å². The maximum Gasteiger partial charge on any atom is 0.258 e. The predicted octanol–water partition coefficient (Wildman–Crippen LogP) is 4.34. The van der Waals surface area contributed by atoms with Gasteiger partial charge in [0.25, 0.3) is 5.91 Å². The molecule has 164 valence electrons. The summed E-state index contributed by atoms with van der Waals surface area (Å²) in [4.78, 5) is 17.7. The van der Waals surface area contributed by atoms with Gasteiger partial charge in [0.15, 0.2) is 0 Å². The first-order valence-electron chi connectivity index (χ1n) is 10.8. The highest BCUT2D eigenvalue weighted by molar-refractivity contribution is 6.31.